The lowest BCUT2D eigenvalue weighted by Gasteiger charge is -2.12. The molecule has 0 amide bonds. The Bertz CT molecular complexity index is 1190. The number of benzene rings is 2. The van der Waals surface area contributed by atoms with E-state index in [-0.39, 0.29) is 6.42 Å². The number of rotatable bonds is 6. The van der Waals surface area contributed by atoms with Crippen LogP contribution in [-0.4, -0.2) is 37.3 Å². The first-order valence-corrected chi connectivity index (χ1v) is 9.34. The molecule has 2 N–H and O–H groups in total. The fraction of sp³-hybridized carbons (Fsp3) is 0.182. The Labute approximate surface area is 168 Å². The maximum atomic E-state index is 9.49. The van der Waals surface area contributed by atoms with Gasteiger partial charge < -0.3 is 10.4 Å². The molecule has 0 aliphatic carbocycles. The second-order valence-electron chi connectivity index (χ2n) is 6.77. The van der Waals surface area contributed by atoms with Crippen molar-refractivity contribution in [3.8, 4) is 23.3 Å². The lowest BCUT2D eigenvalue weighted by atomic mass is 10.1. The van der Waals surface area contributed by atoms with E-state index >= 15 is 0 Å². The van der Waals surface area contributed by atoms with Gasteiger partial charge in [-0.05, 0) is 29.8 Å². The normalized spacial score (nSPS) is 11.9. The van der Waals surface area contributed by atoms with Gasteiger partial charge in [-0.2, -0.15) is 10.2 Å². The summed E-state index contributed by atoms with van der Waals surface area (Å²) in [6.07, 6.45) is 3.05. The molecule has 0 radical (unpaired) electrons. The Balaban J connectivity index is 1.81. The number of nitriles is 1. The van der Waals surface area contributed by atoms with Gasteiger partial charge in [0, 0.05) is 18.3 Å². The summed E-state index contributed by atoms with van der Waals surface area (Å²) >= 11 is 0. The first-order chi connectivity index (χ1) is 14.2. The summed E-state index contributed by atoms with van der Waals surface area (Å²) in [6.45, 7) is 2.03. The summed E-state index contributed by atoms with van der Waals surface area (Å²) in [7, 11) is 0. The van der Waals surface area contributed by atoms with Crippen LogP contribution in [0, 0.1) is 11.3 Å². The quantitative estimate of drug-likeness (QED) is 0.529. The molecule has 4 aromatic rings. The van der Waals surface area contributed by atoms with E-state index < -0.39 is 6.10 Å². The van der Waals surface area contributed by atoms with E-state index in [1.165, 1.54) is 0 Å². The van der Waals surface area contributed by atoms with Crippen molar-refractivity contribution < 1.29 is 5.11 Å². The van der Waals surface area contributed by atoms with E-state index in [9.17, 15) is 10.4 Å². The predicted molar refractivity (Wildman–Crippen MR) is 112 cm³/mol. The summed E-state index contributed by atoms with van der Waals surface area (Å²) in [5, 5.41) is 24.0. The monoisotopic (exact) mass is 384 g/mol. The lowest BCUT2D eigenvalue weighted by molar-refractivity contribution is 0.208. The molecule has 0 fully saturated rings. The third-order valence-electron chi connectivity index (χ3n) is 4.53. The smallest absolute Gasteiger partial charge is 0.224 e. The molecule has 7 nitrogen and oxygen atoms in total. The molecule has 1 atom stereocenters. The minimum absolute atomic E-state index is 0.209. The average molecular weight is 384 g/mol. The van der Waals surface area contributed by atoms with Crippen molar-refractivity contribution in [3.05, 3.63) is 66.6 Å². The highest BCUT2D eigenvalue weighted by molar-refractivity contribution is 5.86. The van der Waals surface area contributed by atoms with Crippen molar-refractivity contribution >= 4 is 16.7 Å². The molecule has 0 saturated carbocycles. The molecule has 0 aliphatic heterocycles. The molecule has 144 valence electrons. The van der Waals surface area contributed by atoms with Crippen molar-refractivity contribution in [3.63, 3.8) is 0 Å². The molecule has 29 heavy (non-hydrogen) atoms. The molecular weight excluding hydrogens is 364 g/mol. The van der Waals surface area contributed by atoms with Gasteiger partial charge >= 0.3 is 0 Å². The molecule has 7 heteroatoms. The molecule has 0 spiro atoms. The Morgan fingerprint density at radius 1 is 1.14 bits per heavy atom. The average Bonchev–Trinajstić information content (AvgIpc) is 3.16. The predicted octanol–water partition coefficient (Wildman–Crippen LogP) is 3.34. The Morgan fingerprint density at radius 2 is 1.97 bits per heavy atom. The second-order valence-corrected chi connectivity index (χ2v) is 6.77. The van der Waals surface area contributed by atoms with Crippen molar-refractivity contribution in [1.82, 2.24) is 19.5 Å². The summed E-state index contributed by atoms with van der Waals surface area (Å²) in [6, 6.07) is 18.3. The van der Waals surface area contributed by atoms with Gasteiger partial charge in [0.05, 0.1) is 30.5 Å². The largest absolute Gasteiger partial charge is 0.392 e. The highest BCUT2D eigenvalue weighted by atomic mass is 16.3. The molecule has 0 bridgehead atoms. The number of aliphatic hydroxyl groups is 1. The highest BCUT2D eigenvalue weighted by Gasteiger charge is 2.16. The van der Waals surface area contributed by atoms with Crippen LogP contribution in [0.3, 0.4) is 0 Å². The topological polar surface area (TPSA) is 99.7 Å². The van der Waals surface area contributed by atoms with Gasteiger partial charge in [0.15, 0.2) is 0 Å². The van der Waals surface area contributed by atoms with Crippen LogP contribution in [0.2, 0.25) is 0 Å². The minimum Gasteiger partial charge on any atom is -0.392 e. The third kappa shape index (κ3) is 3.93. The Kier molecular flexibility index (Phi) is 5.18. The van der Waals surface area contributed by atoms with E-state index in [1.54, 1.807) is 25.4 Å². The van der Waals surface area contributed by atoms with Gasteiger partial charge in [-0.25, -0.2) is 9.97 Å². The van der Waals surface area contributed by atoms with E-state index in [4.69, 9.17) is 0 Å². The van der Waals surface area contributed by atoms with E-state index in [0.717, 1.165) is 22.0 Å². The zero-order valence-electron chi connectivity index (χ0n) is 15.9. The van der Waals surface area contributed by atoms with Crippen LogP contribution < -0.4 is 5.32 Å². The van der Waals surface area contributed by atoms with E-state index in [2.05, 4.69) is 50.6 Å². The first-order valence-electron chi connectivity index (χ1n) is 9.34. The van der Waals surface area contributed by atoms with Crippen molar-refractivity contribution in [2.24, 2.45) is 0 Å². The zero-order valence-corrected chi connectivity index (χ0v) is 15.9. The molecule has 2 heterocycles. The van der Waals surface area contributed by atoms with Crippen molar-refractivity contribution in [1.29, 1.82) is 5.26 Å². The number of anilines is 1. The van der Waals surface area contributed by atoms with Gasteiger partial charge in [0.1, 0.15) is 11.6 Å². The van der Waals surface area contributed by atoms with E-state index in [1.807, 2.05) is 22.8 Å². The molecule has 4 rings (SSSR count). The Hall–Kier alpha value is -3.76. The summed E-state index contributed by atoms with van der Waals surface area (Å²) in [5.74, 6) is 1.73. The minimum atomic E-state index is -0.516. The standard InChI is InChI=1S/C22H20N6O/c1-15(29)13-26-22-24-11-9-20(27-22)28-19(8-10-23)14-25-21(28)18-7-6-16-4-2-3-5-17(16)12-18/h2-7,9,11-12,14-15,29H,8,13H2,1H3,(H,24,26,27). The fourth-order valence-corrected chi connectivity index (χ4v) is 3.18. The fourth-order valence-electron chi connectivity index (χ4n) is 3.18. The number of nitrogens with zero attached hydrogens (tertiary/aromatic N) is 5. The Morgan fingerprint density at radius 3 is 2.76 bits per heavy atom. The van der Waals surface area contributed by atoms with Gasteiger partial charge in [-0.3, -0.25) is 4.57 Å². The van der Waals surface area contributed by atoms with Crippen molar-refractivity contribution in [2.45, 2.75) is 19.4 Å². The maximum Gasteiger partial charge on any atom is 0.224 e. The summed E-state index contributed by atoms with van der Waals surface area (Å²) < 4.78 is 1.88. The van der Waals surface area contributed by atoms with Gasteiger partial charge in [0.2, 0.25) is 5.95 Å². The molecule has 2 aromatic heterocycles. The highest BCUT2D eigenvalue weighted by Crippen LogP contribution is 2.27. The van der Waals surface area contributed by atoms with Crippen LogP contribution in [0.4, 0.5) is 5.95 Å². The number of nitrogens with one attached hydrogen (secondary N) is 1. The maximum absolute atomic E-state index is 9.49. The zero-order chi connectivity index (χ0) is 20.2. The molecular formula is C22H20N6O. The van der Waals surface area contributed by atoms with Crippen LogP contribution in [0.15, 0.2) is 60.9 Å². The first kappa shape index (κ1) is 18.6. The number of imidazole rings is 1. The third-order valence-corrected chi connectivity index (χ3v) is 4.53. The van der Waals surface area contributed by atoms with Crippen LogP contribution in [0.5, 0.6) is 0 Å². The van der Waals surface area contributed by atoms with Crippen LogP contribution in [0.1, 0.15) is 12.6 Å². The number of hydrogen-bond donors (Lipinski definition) is 2. The molecule has 0 saturated heterocycles. The van der Waals surface area contributed by atoms with Crippen LogP contribution in [0.25, 0.3) is 28.0 Å². The van der Waals surface area contributed by atoms with Crippen molar-refractivity contribution in [2.75, 3.05) is 11.9 Å². The van der Waals surface area contributed by atoms with Crippen LogP contribution in [-0.2, 0) is 6.42 Å². The molecule has 0 aliphatic rings. The summed E-state index contributed by atoms with van der Waals surface area (Å²) in [5.41, 5.74) is 1.68. The molecule has 2 aromatic carbocycles. The van der Waals surface area contributed by atoms with Gasteiger partial charge in [-0.15, -0.1) is 0 Å². The van der Waals surface area contributed by atoms with E-state index in [0.29, 0.717) is 24.1 Å². The number of aromatic nitrogens is 4. The van der Waals surface area contributed by atoms with Gasteiger partial charge in [0.25, 0.3) is 0 Å². The second kappa shape index (κ2) is 8.09. The number of fused-ring (bicyclic) bond motifs is 1. The number of hydrogen-bond acceptors (Lipinski definition) is 6. The number of aliphatic hydroxyl groups excluding tert-OH is 1. The molecule has 1 unspecified atom stereocenters. The van der Waals surface area contributed by atoms with Gasteiger partial charge in [-0.1, -0.05) is 36.4 Å². The SMILES string of the molecule is CC(O)CNc1nccc(-n2c(CC#N)cnc2-c2ccc3ccccc3c2)n1. The lowest BCUT2D eigenvalue weighted by Crippen LogP contribution is -2.17. The summed E-state index contributed by atoms with van der Waals surface area (Å²) in [4.78, 5) is 13.4. The van der Waals surface area contributed by atoms with Crippen LogP contribution >= 0.6 is 0 Å².